The van der Waals surface area contributed by atoms with E-state index in [1.54, 1.807) is 0 Å². The zero-order valence-corrected chi connectivity index (χ0v) is 7.95. The van der Waals surface area contributed by atoms with Crippen molar-refractivity contribution in [2.24, 2.45) is 5.73 Å². The smallest absolute Gasteiger partial charge is 0.0483 e. The van der Waals surface area contributed by atoms with Crippen molar-refractivity contribution in [2.75, 3.05) is 25.2 Å². The van der Waals surface area contributed by atoms with E-state index in [-0.39, 0.29) is 5.54 Å². The molecule has 0 aromatic rings. The minimum Gasteiger partial charge on any atom is -0.381 e. The number of nitrogens with two attached hydrogens (primary N) is 1. The molecule has 0 aliphatic carbocycles. The summed E-state index contributed by atoms with van der Waals surface area (Å²) in [6.07, 6.45) is 5.33. The number of thioether (sulfide) groups is 1. The maximum Gasteiger partial charge on any atom is 0.0483 e. The predicted molar refractivity (Wildman–Crippen MR) is 50.0 cm³/mol. The number of hydrogen-bond donors (Lipinski definition) is 1. The Balaban J connectivity index is 2.25. The van der Waals surface area contributed by atoms with Gasteiger partial charge in [0.05, 0.1) is 0 Å². The highest BCUT2D eigenvalue weighted by Crippen LogP contribution is 2.22. The summed E-state index contributed by atoms with van der Waals surface area (Å²) in [5.74, 6) is 1.18. The normalized spacial score (nSPS) is 23.5. The maximum atomic E-state index is 6.15. The Hall–Kier alpha value is 0.270. The van der Waals surface area contributed by atoms with Gasteiger partial charge in [0.2, 0.25) is 0 Å². The summed E-state index contributed by atoms with van der Waals surface area (Å²) in [5.41, 5.74) is 6.24. The second-order valence-electron chi connectivity index (χ2n) is 3.22. The van der Waals surface area contributed by atoms with E-state index in [2.05, 4.69) is 6.26 Å². The summed E-state index contributed by atoms with van der Waals surface area (Å²) >= 11 is 1.87. The van der Waals surface area contributed by atoms with Crippen molar-refractivity contribution in [3.8, 4) is 0 Å². The molecule has 3 heteroatoms. The van der Waals surface area contributed by atoms with Gasteiger partial charge in [-0.05, 0) is 31.3 Å². The Bertz CT molecular complexity index is 113. The van der Waals surface area contributed by atoms with Crippen molar-refractivity contribution in [2.45, 2.75) is 24.8 Å². The van der Waals surface area contributed by atoms with Gasteiger partial charge in [0, 0.05) is 18.8 Å². The van der Waals surface area contributed by atoms with Crippen LogP contribution >= 0.6 is 11.8 Å². The molecule has 0 amide bonds. The molecule has 2 nitrogen and oxygen atoms in total. The van der Waals surface area contributed by atoms with Gasteiger partial charge in [-0.3, -0.25) is 0 Å². The van der Waals surface area contributed by atoms with E-state index in [9.17, 15) is 0 Å². The highest BCUT2D eigenvalue weighted by atomic mass is 32.2. The average molecular weight is 175 g/mol. The lowest BCUT2D eigenvalue weighted by Crippen LogP contribution is -2.45. The first-order chi connectivity index (χ1) is 5.27. The van der Waals surface area contributed by atoms with Crippen LogP contribution in [-0.2, 0) is 4.74 Å². The summed E-state index contributed by atoms with van der Waals surface area (Å²) in [4.78, 5) is 0. The van der Waals surface area contributed by atoms with Crippen LogP contribution in [0.4, 0.5) is 0 Å². The number of ether oxygens (including phenoxy) is 1. The lowest BCUT2D eigenvalue weighted by Gasteiger charge is -2.33. The molecule has 0 spiro atoms. The van der Waals surface area contributed by atoms with Crippen molar-refractivity contribution in [1.82, 2.24) is 0 Å². The van der Waals surface area contributed by atoms with E-state index in [1.807, 2.05) is 11.8 Å². The number of rotatable bonds is 3. The topological polar surface area (TPSA) is 35.2 Å². The summed E-state index contributed by atoms with van der Waals surface area (Å²) < 4.78 is 5.26. The summed E-state index contributed by atoms with van der Waals surface area (Å²) in [7, 11) is 0. The van der Waals surface area contributed by atoms with E-state index in [0.717, 1.165) is 32.5 Å². The molecule has 2 N–H and O–H groups in total. The van der Waals surface area contributed by atoms with Crippen molar-refractivity contribution >= 4 is 11.8 Å². The summed E-state index contributed by atoms with van der Waals surface area (Å²) in [6, 6.07) is 0. The van der Waals surface area contributed by atoms with Crippen LogP contribution < -0.4 is 5.73 Å². The van der Waals surface area contributed by atoms with Gasteiger partial charge in [0.25, 0.3) is 0 Å². The fraction of sp³-hybridized carbons (Fsp3) is 1.00. The molecule has 11 heavy (non-hydrogen) atoms. The van der Waals surface area contributed by atoms with Gasteiger partial charge in [-0.2, -0.15) is 11.8 Å². The molecule has 66 valence electrons. The molecule has 1 aliphatic heterocycles. The first kappa shape index (κ1) is 9.36. The first-order valence-electron chi connectivity index (χ1n) is 4.12. The molecular formula is C8H17NOS. The zero-order valence-electron chi connectivity index (χ0n) is 7.14. The second kappa shape index (κ2) is 4.33. The lowest BCUT2D eigenvalue weighted by molar-refractivity contribution is 0.0523. The van der Waals surface area contributed by atoms with Crippen LogP contribution in [0.15, 0.2) is 0 Å². The predicted octanol–water partition coefficient (Wildman–Crippen LogP) is 1.25. The molecule has 0 aromatic heterocycles. The van der Waals surface area contributed by atoms with Gasteiger partial charge in [-0.15, -0.1) is 0 Å². The average Bonchev–Trinajstić information content (AvgIpc) is 2.03. The highest BCUT2D eigenvalue weighted by Gasteiger charge is 2.26. The number of hydrogen-bond acceptors (Lipinski definition) is 3. The lowest BCUT2D eigenvalue weighted by atomic mass is 9.89. The molecule has 0 bridgehead atoms. The van der Waals surface area contributed by atoms with Crippen LogP contribution in [0.5, 0.6) is 0 Å². The molecule has 0 radical (unpaired) electrons. The summed E-state index contributed by atoms with van der Waals surface area (Å²) in [5, 5.41) is 0. The molecule has 0 saturated carbocycles. The van der Waals surface area contributed by atoms with Gasteiger partial charge in [0.1, 0.15) is 0 Å². The molecule has 1 heterocycles. The highest BCUT2D eigenvalue weighted by molar-refractivity contribution is 7.98. The molecule has 1 rings (SSSR count). The summed E-state index contributed by atoms with van der Waals surface area (Å²) in [6.45, 7) is 1.70. The molecule has 0 aromatic carbocycles. The largest absolute Gasteiger partial charge is 0.381 e. The monoisotopic (exact) mass is 175 g/mol. The van der Waals surface area contributed by atoms with Crippen LogP contribution in [0.3, 0.4) is 0 Å². The molecule has 1 aliphatic rings. The van der Waals surface area contributed by atoms with Crippen LogP contribution in [0.25, 0.3) is 0 Å². The van der Waals surface area contributed by atoms with Gasteiger partial charge in [-0.25, -0.2) is 0 Å². The molecule has 0 atom stereocenters. The molecule has 1 saturated heterocycles. The maximum absolute atomic E-state index is 6.15. The third-order valence-corrected chi connectivity index (χ3v) is 2.91. The van der Waals surface area contributed by atoms with Crippen molar-refractivity contribution in [3.63, 3.8) is 0 Å². The molecule has 1 fully saturated rings. The molecule has 0 unspecified atom stereocenters. The quantitative estimate of drug-likeness (QED) is 0.701. The van der Waals surface area contributed by atoms with Gasteiger partial charge >= 0.3 is 0 Å². The Labute approximate surface area is 72.9 Å². The standard InChI is InChI=1S/C8H17NOS/c1-11-7-4-8(9)2-5-10-6-3-8/h2-7,9H2,1H3. The fourth-order valence-electron chi connectivity index (χ4n) is 1.33. The second-order valence-corrected chi connectivity index (χ2v) is 4.20. The third-order valence-electron chi connectivity index (χ3n) is 2.29. The zero-order chi connectivity index (χ0) is 8.16. The Kier molecular flexibility index (Phi) is 3.69. The van der Waals surface area contributed by atoms with Crippen LogP contribution in [0.1, 0.15) is 19.3 Å². The van der Waals surface area contributed by atoms with E-state index in [0.29, 0.717) is 0 Å². The Morgan fingerprint density at radius 2 is 2.09 bits per heavy atom. The van der Waals surface area contributed by atoms with E-state index < -0.39 is 0 Å². The van der Waals surface area contributed by atoms with Crippen molar-refractivity contribution < 1.29 is 4.74 Å². The van der Waals surface area contributed by atoms with Crippen molar-refractivity contribution in [3.05, 3.63) is 0 Å². The minimum absolute atomic E-state index is 0.0846. The van der Waals surface area contributed by atoms with Gasteiger partial charge < -0.3 is 10.5 Å². The Morgan fingerprint density at radius 1 is 1.45 bits per heavy atom. The van der Waals surface area contributed by atoms with Crippen molar-refractivity contribution in [1.29, 1.82) is 0 Å². The van der Waals surface area contributed by atoms with Gasteiger partial charge in [0.15, 0.2) is 0 Å². The SMILES string of the molecule is CSCCC1(N)CCOCC1. The van der Waals surface area contributed by atoms with Crippen LogP contribution in [0.2, 0.25) is 0 Å². The fourth-order valence-corrected chi connectivity index (χ4v) is 1.94. The Morgan fingerprint density at radius 3 is 2.64 bits per heavy atom. The molecular weight excluding hydrogens is 158 g/mol. The van der Waals surface area contributed by atoms with E-state index in [1.165, 1.54) is 5.75 Å². The van der Waals surface area contributed by atoms with Crippen LogP contribution in [-0.4, -0.2) is 30.8 Å². The third kappa shape index (κ3) is 3.01. The minimum atomic E-state index is 0.0846. The van der Waals surface area contributed by atoms with E-state index in [4.69, 9.17) is 10.5 Å². The van der Waals surface area contributed by atoms with Gasteiger partial charge in [-0.1, -0.05) is 0 Å². The van der Waals surface area contributed by atoms with E-state index >= 15 is 0 Å². The first-order valence-corrected chi connectivity index (χ1v) is 5.52. The van der Waals surface area contributed by atoms with Crippen LogP contribution in [0, 0.1) is 0 Å².